The summed E-state index contributed by atoms with van der Waals surface area (Å²) in [7, 11) is 0. The number of hydrogen-bond donors (Lipinski definition) is 1. The van der Waals surface area contributed by atoms with Crippen molar-refractivity contribution in [2.24, 2.45) is 5.10 Å². The van der Waals surface area contributed by atoms with Crippen LogP contribution in [0.4, 0.5) is 0 Å². The predicted molar refractivity (Wildman–Crippen MR) is 135 cm³/mol. The van der Waals surface area contributed by atoms with Gasteiger partial charge in [-0.3, -0.25) is 4.79 Å². The van der Waals surface area contributed by atoms with Gasteiger partial charge in [0.05, 0.1) is 12.6 Å². The third-order valence-electron chi connectivity index (χ3n) is 5.68. The number of aryl methyl sites for hydroxylation is 3. The molecule has 33 heavy (non-hydrogen) atoms. The van der Waals surface area contributed by atoms with E-state index in [2.05, 4.69) is 53.8 Å². The van der Waals surface area contributed by atoms with Gasteiger partial charge in [-0.1, -0.05) is 83.9 Å². The van der Waals surface area contributed by atoms with Crippen LogP contribution in [0.15, 0.2) is 84.0 Å². The number of benzene rings is 4. The summed E-state index contributed by atoms with van der Waals surface area (Å²) < 4.78 is 6.15. The average Bonchev–Trinajstić information content (AvgIpc) is 2.81. The average molecular weight is 437 g/mol. The van der Waals surface area contributed by atoms with Crippen LogP contribution in [0.5, 0.6) is 5.75 Å². The fourth-order valence-electron chi connectivity index (χ4n) is 3.81. The number of amides is 1. The number of carbonyl (C=O) groups excluding carboxylic acids is 1. The first-order valence-corrected chi connectivity index (χ1v) is 11.1. The Balaban J connectivity index is 1.52. The largest absolute Gasteiger partial charge is 0.488 e. The maximum absolute atomic E-state index is 12.5. The highest BCUT2D eigenvalue weighted by molar-refractivity contribution is 6.02. The number of ether oxygens (including phenoxy) is 1. The van der Waals surface area contributed by atoms with Crippen LogP contribution in [0.25, 0.3) is 10.8 Å². The summed E-state index contributed by atoms with van der Waals surface area (Å²) in [4.78, 5) is 12.5. The summed E-state index contributed by atoms with van der Waals surface area (Å²) in [5.41, 5.74) is 9.11. The smallest absolute Gasteiger partial charge is 0.244 e. The van der Waals surface area contributed by atoms with Crippen LogP contribution in [0.2, 0.25) is 0 Å². The highest BCUT2D eigenvalue weighted by atomic mass is 16.5. The van der Waals surface area contributed by atoms with Crippen molar-refractivity contribution in [3.05, 3.63) is 112 Å². The zero-order chi connectivity index (χ0) is 23.2. The maximum atomic E-state index is 12.5. The van der Waals surface area contributed by atoms with Gasteiger partial charge >= 0.3 is 0 Å². The molecule has 1 amide bonds. The van der Waals surface area contributed by atoms with Crippen LogP contribution in [-0.4, -0.2) is 12.1 Å². The third kappa shape index (κ3) is 5.66. The monoisotopic (exact) mass is 436 g/mol. The molecule has 0 saturated carbocycles. The molecule has 4 nitrogen and oxygen atoms in total. The van der Waals surface area contributed by atoms with Crippen LogP contribution in [0, 0.1) is 20.8 Å². The number of fused-ring (bicyclic) bond motifs is 1. The minimum absolute atomic E-state index is 0.152. The first-order valence-electron chi connectivity index (χ1n) is 11.1. The van der Waals surface area contributed by atoms with Crippen molar-refractivity contribution in [1.82, 2.24) is 5.43 Å². The molecule has 0 saturated heterocycles. The highest BCUT2D eigenvalue weighted by Crippen LogP contribution is 2.27. The number of rotatable bonds is 7. The summed E-state index contributed by atoms with van der Waals surface area (Å²) in [6.45, 7) is 6.59. The van der Waals surface area contributed by atoms with E-state index in [-0.39, 0.29) is 12.3 Å². The summed E-state index contributed by atoms with van der Waals surface area (Å²) in [6, 6.07) is 26.5. The van der Waals surface area contributed by atoms with Crippen LogP contribution < -0.4 is 10.2 Å². The fraction of sp³-hybridized carbons (Fsp3) is 0.172. The van der Waals surface area contributed by atoms with E-state index in [0.29, 0.717) is 6.61 Å². The SMILES string of the molecule is Cc1ccc(COc2ccc3ccccc3c2/C=N\NC(=O)Cc2ccc(C)cc2C)cc1. The number of nitrogens with zero attached hydrogens (tertiary/aromatic N) is 1. The van der Waals surface area contributed by atoms with Crippen molar-refractivity contribution < 1.29 is 9.53 Å². The second-order valence-corrected chi connectivity index (χ2v) is 8.37. The van der Waals surface area contributed by atoms with Gasteiger partial charge in [-0.2, -0.15) is 5.10 Å². The Labute approximate surface area is 194 Å². The summed E-state index contributed by atoms with van der Waals surface area (Å²) >= 11 is 0. The molecule has 0 fully saturated rings. The van der Waals surface area contributed by atoms with Gasteiger partial charge in [0.15, 0.2) is 0 Å². The number of hydrazone groups is 1. The molecule has 0 aliphatic carbocycles. The molecule has 0 radical (unpaired) electrons. The van der Waals surface area contributed by atoms with Crippen molar-refractivity contribution in [3.63, 3.8) is 0 Å². The van der Waals surface area contributed by atoms with E-state index in [1.807, 2.05) is 56.3 Å². The molecule has 4 aromatic carbocycles. The van der Waals surface area contributed by atoms with Gasteiger partial charge in [-0.05, 0) is 54.3 Å². The Morgan fingerprint density at radius 1 is 0.909 bits per heavy atom. The van der Waals surface area contributed by atoms with E-state index >= 15 is 0 Å². The van der Waals surface area contributed by atoms with E-state index in [0.717, 1.165) is 38.8 Å². The Morgan fingerprint density at radius 3 is 2.45 bits per heavy atom. The molecule has 166 valence electrons. The minimum Gasteiger partial charge on any atom is -0.488 e. The molecule has 0 bridgehead atoms. The molecule has 4 aromatic rings. The van der Waals surface area contributed by atoms with E-state index in [4.69, 9.17) is 4.74 Å². The Hall–Kier alpha value is -3.92. The molecule has 0 heterocycles. The highest BCUT2D eigenvalue weighted by Gasteiger charge is 2.09. The van der Waals surface area contributed by atoms with Crippen molar-refractivity contribution >= 4 is 22.9 Å². The first-order chi connectivity index (χ1) is 16.0. The lowest BCUT2D eigenvalue weighted by Gasteiger charge is -2.12. The minimum atomic E-state index is -0.152. The molecule has 0 aliphatic heterocycles. The lowest BCUT2D eigenvalue weighted by molar-refractivity contribution is -0.120. The van der Waals surface area contributed by atoms with Gasteiger partial charge in [0.1, 0.15) is 12.4 Å². The maximum Gasteiger partial charge on any atom is 0.244 e. The molecule has 0 atom stereocenters. The van der Waals surface area contributed by atoms with Gasteiger partial charge in [0.2, 0.25) is 5.91 Å². The second-order valence-electron chi connectivity index (χ2n) is 8.37. The topological polar surface area (TPSA) is 50.7 Å². The first kappa shape index (κ1) is 22.3. The van der Waals surface area contributed by atoms with Crippen LogP contribution in [0.1, 0.15) is 33.4 Å². The normalized spacial score (nSPS) is 11.1. The van der Waals surface area contributed by atoms with Crippen molar-refractivity contribution in [2.75, 3.05) is 0 Å². The lowest BCUT2D eigenvalue weighted by Crippen LogP contribution is -2.20. The summed E-state index contributed by atoms with van der Waals surface area (Å²) in [5, 5.41) is 6.36. The van der Waals surface area contributed by atoms with Crippen LogP contribution >= 0.6 is 0 Å². The fourth-order valence-corrected chi connectivity index (χ4v) is 3.81. The number of hydrogen-bond acceptors (Lipinski definition) is 3. The zero-order valence-electron chi connectivity index (χ0n) is 19.3. The lowest BCUT2D eigenvalue weighted by atomic mass is 10.0. The molecule has 4 heteroatoms. The summed E-state index contributed by atoms with van der Waals surface area (Å²) in [6.07, 6.45) is 1.96. The zero-order valence-corrected chi connectivity index (χ0v) is 19.3. The van der Waals surface area contributed by atoms with Crippen molar-refractivity contribution in [3.8, 4) is 5.75 Å². The standard InChI is InChI=1S/C29H28N2O2/c1-20-8-11-23(12-9-20)19-33-28-15-14-24-6-4-5-7-26(24)27(28)18-30-31-29(32)17-25-13-10-21(2)16-22(25)3/h4-16,18H,17,19H2,1-3H3,(H,31,32)/b30-18-. The van der Waals surface area contributed by atoms with E-state index in [9.17, 15) is 4.79 Å². The number of carbonyl (C=O) groups is 1. The molecule has 0 aliphatic rings. The molecular weight excluding hydrogens is 408 g/mol. The van der Waals surface area contributed by atoms with Gasteiger partial charge in [0, 0.05) is 5.56 Å². The summed E-state index contributed by atoms with van der Waals surface area (Å²) in [5.74, 6) is 0.571. The molecule has 4 rings (SSSR count). The Bertz CT molecular complexity index is 1310. The predicted octanol–water partition coefficient (Wildman–Crippen LogP) is 6.04. The molecular formula is C29H28N2O2. The second kappa shape index (κ2) is 10.1. The van der Waals surface area contributed by atoms with Gasteiger partial charge < -0.3 is 4.74 Å². The van der Waals surface area contributed by atoms with E-state index in [1.54, 1.807) is 6.21 Å². The van der Waals surface area contributed by atoms with Gasteiger partial charge in [-0.15, -0.1) is 0 Å². The Kier molecular flexibility index (Phi) is 6.84. The van der Waals surface area contributed by atoms with E-state index in [1.165, 1.54) is 11.1 Å². The third-order valence-corrected chi connectivity index (χ3v) is 5.68. The Morgan fingerprint density at radius 2 is 1.67 bits per heavy atom. The molecule has 0 unspecified atom stereocenters. The van der Waals surface area contributed by atoms with Gasteiger partial charge in [-0.25, -0.2) is 5.43 Å². The van der Waals surface area contributed by atoms with Crippen LogP contribution in [0.3, 0.4) is 0 Å². The quantitative estimate of drug-likeness (QED) is 0.284. The van der Waals surface area contributed by atoms with Crippen molar-refractivity contribution in [1.29, 1.82) is 0 Å². The molecule has 0 aromatic heterocycles. The van der Waals surface area contributed by atoms with Crippen molar-refractivity contribution in [2.45, 2.75) is 33.8 Å². The van der Waals surface area contributed by atoms with Crippen LogP contribution in [-0.2, 0) is 17.8 Å². The number of nitrogens with one attached hydrogen (secondary N) is 1. The van der Waals surface area contributed by atoms with E-state index < -0.39 is 0 Å². The molecule has 1 N–H and O–H groups in total. The molecule has 0 spiro atoms. The van der Waals surface area contributed by atoms with Gasteiger partial charge in [0.25, 0.3) is 0 Å².